The zero-order valence-electron chi connectivity index (χ0n) is 10.0. The molecule has 0 aliphatic heterocycles. The van der Waals surface area contributed by atoms with E-state index in [-0.39, 0.29) is 0 Å². The predicted octanol–water partition coefficient (Wildman–Crippen LogP) is 0.817. The van der Waals surface area contributed by atoms with Crippen LogP contribution in [-0.4, -0.2) is 30.0 Å². The van der Waals surface area contributed by atoms with Crippen molar-refractivity contribution in [3.8, 4) is 0 Å². The maximum absolute atomic E-state index is 6.02. The van der Waals surface area contributed by atoms with Crippen LogP contribution in [-0.2, 0) is 21.6 Å². The topological polar surface area (TPSA) is 83.4 Å². The van der Waals surface area contributed by atoms with Gasteiger partial charge < -0.3 is 19.7 Å². The molecule has 1 rings (SSSR count). The molecule has 0 radical (unpaired) electrons. The summed E-state index contributed by atoms with van der Waals surface area (Å²) in [5.74, 6) is 0.876. The van der Waals surface area contributed by atoms with E-state index in [1.807, 2.05) is 13.8 Å². The smallest absolute Gasteiger partial charge is 0.252 e. The average molecular weight is 229 g/mol. The van der Waals surface area contributed by atoms with E-state index in [0.717, 1.165) is 0 Å². The SMILES string of the molecule is CCOCc1nc(C(C)(N)COCC)no1. The van der Waals surface area contributed by atoms with Crippen molar-refractivity contribution in [2.75, 3.05) is 19.8 Å². The fourth-order valence-electron chi connectivity index (χ4n) is 1.11. The Balaban J connectivity index is 2.61. The van der Waals surface area contributed by atoms with Crippen molar-refractivity contribution < 1.29 is 14.0 Å². The zero-order chi connectivity index (χ0) is 12.0. The van der Waals surface area contributed by atoms with Crippen molar-refractivity contribution in [3.05, 3.63) is 11.7 Å². The molecule has 16 heavy (non-hydrogen) atoms. The third-order valence-electron chi connectivity index (χ3n) is 2.01. The number of hydrogen-bond donors (Lipinski definition) is 1. The van der Waals surface area contributed by atoms with E-state index in [2.05, 4.69) is 10.1 Å². The van der Waals surface area contributed by atoms with Gasteiger partial charge in [0.05, 0.1) is 6.61 Å². The van der Waals surface area contributed by atoms with Gasteiger partial charge >= 0.3 is 0 Å². The maximum atomic E-state index is 6.02. The molecule has 0 amide bonds. The molecular weight excluding hydrogens is 210 g/mol. The molecule has 6 heteroatoms. The summed E-state index contributed by atoms with van der Waals surface area (Å²) in [6, 6.07) is 0. The van der Waals surface area contributed by atoms with Crippen LogP contribution in [0, 0.1) is 0 Å². The van der Waals surface area contributed by atoms with Gasteiger partial charge in [-0.15, -0.1) is 0 Å². The average Bonchev–Trinajstić information content (AvgIpc) is 2.73. The van der Waals surface area contributed by atoms with E-state index in [1.165, 1.54) is 0 Å². The van der Waals surface area contributed by atoms with Crippen LogP contribution >= 0.6 is 0 Å². The molecule has 1 aromatic rings. The van der Waals surface area contributed by atoms with Crippen LogP contribution in [0.1, 0.15) is 32.5 Å². The van der Waals surface area contributed by atoms with E-state index < -0.39 is 5.54 Å². The molecule has 0 aliphatic carbocycles. The minimum atomic E-state index is -0.732. The minimum Gasteiger partial charge on any atom is -0.379 e. The van der Waals surface area contributed by atoms with Crippen molar-refractivity contribution in [1.29, 1.82) is 0 Å². The van der Waals surface area contributed by atoms with Crippen LogP contribution in [0.2, 0.25) is 0 Å². The number of aromatic nitrogens is 2. The first-order valence-corrected chi connectivity index (χ1v) is 5.37. The first-order chi connectivity index (χ1) is 7.60. The Hall–Kier alpha value is -0.980. The summed E-state index contributed by atoms with van der Waals surface area (Å²) in [4.78, 5) is 4.16. The molecular formula is C10H19N3O3. The van der Waals surface area contributed by atoms with E-state index in [0.29, 0.717) is 38.1 Å². The van der Waals surface area contributed by atoms with Gasteiger partial charge in [0.2, 0.25) is 0 Å². The van der Waals surface area contributed by atoms with Crippen LogP contribution in [0.3, 0.4) is 0 Å². The molecule has 92 valence electrons. The van der Waals surface area contributed by atoms with Gasteiger partial charge in [-0.25, -0.2) is 0 Å². The van der Waals surface area contributed by atoms with Crippen molar-refractivity contribution in [2.45, 2.75) is 32.9 Å². The molecule has 0 aromatic carbocycles. The van der Waals surface area contributed by atoms with Gasteiger partial charge in [-0.1, -0.05) is 5.16 Å². The standard InChI is InChI=1S/C10H19N3O3/c1-4-14-6-8-12-9(13-16-8)10(3,11)7-15-5-2/h4-7,11H2,1-3H3. The summed E-state index contributed by atoms with van der Waals surface area (Å²) in [6.45, 7) is 7.50. The van der Waals surface area contributed by atoms with E-state index in [4.69, 9.17) is 19.7 Å². The predicted molar refractivity (Wildman–Crippen MR) is 57.7 cm³/mol. The highest BCUT2D eigenvalue weighted by Gasteiger charge is 2.27. The third-order valence-corrected chi connectivity index (χ3v) is 2.01. The number of rotatable bonds is 7. The fourth-order valence-corrected chi connectivity index (χ4v) is 1.11. The van der Waals surface area contributed by atoms with Gasteiger partial charge in [-0.05, 0) is 20.8 Å². The maximum Gasteiger partial charge on any atom is 0.252 e. The second-order valence-corrected chi connectivity index (χ2v) is 3.70. The Bertz CT molecular complexity index is 312. The molecule has 1 unspecified atom stereocenters. The largest absolute Gasteiger partial charge is 0.379 e. The number of nitrogens with two attached hydrogens (primary N) is 1. The van der Waals surface area contributed by atoms with Gasteiger partial charge in [0, 0.05) is 13.2 Å². The van der Waals surface area contributed by atoms with Crippen LogP contribution in [0.4, 0.5) is 0 Å². The highest BCUT2D eigenvalue weighted by molar-refractivity contribution is 5.01. The number of hydrogen-bond acceptors (Lipinski definition) is 6. The quantitative estimate of drug-likeness (QED) is 0.745. The second kappa shape index (κ2) is 5.93. The normalized spacial score (nSPS) is 15.0. The Morgan fingerprint density at radius 1 is 1.31 bits per heavy atom. The summed E-state index contributed by atoms with van der Waals surface area (Å²) < 4.78 is 15.4. The van der Waals surface area contributed by atoms with Gasteiger partial charge in [-0.2, -0.15) is 4.98 Å². The first-order valence-electron chi connectivity index (χ1n) is 5.37. The summed E-state index contributed by atoms with van der Waals surface area (Å²) in [6.07, 6.45) is 0. The lowest BCUT2D eigenvalue weighted by molar-refractivity contribution is 0.0960. The van der Waals surface area contributed by atoms with Gasteiger partial charge in [0.15, 0.2) is 5.82 Å². The summed E-state index contributed by atoms with van der Waals surface area (Å²) in [5, 5.41) is 3.82. The van der Waals surface area contributed by atoms with Crippen molar-refractivity contribution in [3.63, 3.8) is 0 Å². The van der Waals surface area contributed by atoms with Crippen LogP contribution < -0.4 is 5.73 Å². The van der Waals surface area contributed by atoms with Crippen LogP contribution in [0.15, 0.2) is 4.52 Å². The molecule has 1 heterocycles. The second-order valence-electron chi connectivity index (χ2n) is 3.70. The summed E-state index contributed by atoms with van der Waals surface area (Å²) in [5.41, 5.74) is 5.28. The third kappa shape index (κ3) is 3.55. The molecule has 1 atom stereocenters. The van der Waals surface area contributed by atoms with Crippen molar-refractivity contribution in [2.24, 2.45) is 5.73 Å². The molecule has 0 spiro atoms. The van der Waals surface area contributed by atoms with Crippen molar-refractivity contribution >= 4 is 0 Å². The van der Waals surface area contributed by atoms with Gasteiger partial charge in [-0.3, -0.25) is 0 Å². The molecule has 6 nitrogen and oxygen atoms in total. The Morgan fingerprint density at radius 2 is 2.00 bits per heavy atom. The zero-order valence-corrected chi connectivity index (χ0v) is 10.0. The lowest BCUT2D eigenvalue weighted by Crippen LogP contribution is -2.39. The Kier molecular flexibility index (Phi) is 4.85. The Labute approximate surface area is 95.1 Å². The van der Waals surface area contributed by atoms with E-state index in [9.17, 15) is 0 Å². The van der Waals surface area contributed by atoms with Crippen LogP contribution in [0.25, 0.3) is 0 Å². The lowest BCUT2D eigenvalue weighted by atomic mass is 10.1. The van der Waals surface area contributed by atoms with Gasteiger partial charge in [0.25, 0.3) is 5.89 Å². The molecule has 0 aliphatic rings. The number of ether oxygens (including phenoxy) is 2. The number of nitrogens with zero attached hydrogens (tertiary/aromatic N) is 2. The molecule has 0 bridgehead atoms. The van der Waals surface area contributed by atoms with E-state index in [1.54, 1.807) is 6.92 Å². The summed E-state index contributed by atoms with van der Waals surface area (Å²) >= 11 is 0. The molecule has 2 N–H and O–H groups in total. The summed E-state index contributed by atoms with van der Waals surface area (Å²) in [7, 11) is 0. The minimum absolute atomic E-state index is 0.314. The molecule has 0 fully saturated rings. The Morgan fingerprint density at radius 3 is 2.62 bits per heavy atom. The van der Waals surface area contributed by atoms with Crippen molar-refractivity contribution in [1.82, 2.24) is 10.1 Å². The first kappa shape index (κ1) is 13.1. The monoisotopic (exact) mass is 229 g/mol. The molecule has 1 aromatic heterocycles. The molecule has 0 saturated carbocycles. The highest BCUT2D eigenvalue weighted by atomic mass is 16.5. The fraction of sp³-hybridized carbons (Fsp3) is 0.800. The lowest BCUT2D eigenvalue weighted by Gasteiger charge is -2.19. The van der Waals surface area contributed by atoms with Crippen LogP contribution in [0.5, 0.6) is 0 Å². The van der Waals surface area contributed by atoms with Gasteiger partial charge in [0.1, 0.15) is 12.1 Å². The highest BCUT2D eigenvalue weighted by Crippen LogP contribution is 2.14. The molecule has 0 saturated heterocycles. The van der Waals surface area contributed by atoms with E-state index >= 15 is 0 Å².